The van der Waals surface area contributed by atoms with Gasteiger partial charge in [-0.2, -0.15) is 5.26 Å². The Kier molecular flexibility index (Phi) is 7.53. The number of amides is 2. The predicted octanol–water partition coefficient (Wildman–Crippen LogP) is 3.57. The summed E-state index contributed by atoms with van der Waals surface area (Å²) in [5, 5.41) is 10.7. The number of benzene rings is 1. The minimum Gasteiger partial charge on any atom is -0.343 e. The standard InChI is InChI=1S/C21H28N4O2S/c1-5-24(6-2)18(26)13-21(15-22,14-19(27)25(7-3)8-4)20-23-16-11-9-10-12-17(16)28-20/h9-12H,5-8,13-14H2,1-4H3. The number of hydrogen-bond donors (Lipinski definition) is 0. The summed E-state index contributed by atoms with van der Waals surface area (Å²) < 4.78 is 0.947. The van der Waals surface area contributed by atoms with Gasteiger partial charge in [0.1, 0.15) is 10.4 Å². The Morgan fingerprint density at radius 3 is 1.93 bits per heavy atom. The van der Waals surface area contributed by atoms with Crippen molar-refractivity contribution in [3.8, 4) is 6.07 Å². The van der Waals surface area contributed by atoms with Crippen LogP contribution in [0.15, 0.2) is 24.3 Å². The van der Waals surface area contributed by atoms with Crippen LogP contribution in [0, 0.1) is 11.3 Å². The molecule has 28 heavy (non-hydrogen) atoms. The first-order valence-electron chi connectivity index (χ1n) is 9.77. The summed E-state index contributed by atoms with van der Waals surface area (Å²) in [6, 6.07) is 9.95. The molecule has 0 fully saturated rings. The molecule has 6 nitrogen and oxygen atoms in total. The van der Waals surface area contributed by atoms with Crippen molar-refractivity contribution >= 4 is 33.4 Å². The van der Waals surface area contributed by atoms with Gasteiger partial charge in [-0.25, -0.2) is 4.98 Å². The summed E-state index contributed by atoms with van der Waals surface area (Å²) in [6.45, 7) is 9.92. The van der Waals surface area contributed by atoms with Gasteiger partial charge in [0.15, 0.2) is 0 Å². The number of carbonyl (C=O) groups excluding carboxylic acids is 2. The highest BCUT2D eigenvalue weighted by Gasteiger charge is 2.42. The molecular weight excluding hydrogens is 372 g/mol. The van der Waals surface area contributed by atoms with Crippen molar-refractivity contribution in [2.75, 3.05) is 26.2 Å². The summed E-state index contributed by atoms with van der Waals surface area (Å²) in [7, 11) is 0. The molecule has 2 amide bonds. The van der Waals surface area contributed by atoms with Crippen LogP contribution in [0.25, 0.3) is 10.2 Å². The van der Waals surface area contributed by atoms with Gasteiger partial charge in [-0.15, -0.1) is 11.3 Å². The van der Waals surface area contributed by atoms with E-state index in [2.05, 4.69) is 11.1 Å². The second kappa shape index (κ2) is 9.65. The second-order valence-corrected chi connectivity index (χ2v) is 7.70. The number of thiazole rings is 1. The first kappa shape index (κ1) is 21.8. The van der Waals surface area contributed by atoms with Crippen LogP contribution in [-0.2, 0) is 15.0 Å². The maximum atomic E-state index is 12.9. The van der Waals surface area contributed by atoms with Crippen molar-refractivity contribution < 1.29 is 9.59 Å². The van der Waals surface area contributed by atoms with Gasteiger partial charge in [0, 0.05) is 26.2 Å². The zero-order chi connectivity index (χ0) is 20.7. The average Bonchev–Trinajstić information content (AvgIpc) is 3.14. The molecule has 0 saturated heterocycles. The molecule has 150 valence electrons. The fourth-order valence-electron chi connectivity index (χ4n) is 3.31. The Morgan fingerprint density at radius 2 is 1.50 bits per heavy atom. The van der Waals surface area contributed by atoms with E-state index >= 15 is 0 Å². The molecule has 0 spiro atoms. The van der Waals surface area contributed by atoms with Crippen molar-refractivity contribution in [3.05, 3.63) is 29.3 Å². The monoisotopic (exact) mass is 400 g/mol. The van der Waals surface area contributed by atoms with E-state index in [1.807, 2.05) is 52.0 Å². The number of nitrogens with zero attached hydrogens (tertiary/aromatic N) is 4. The minimum absolute atomic E-state index is 0.0436. The van der Waals surface area contributed by atoms with E-state index in [1.54, 1.807) is 9.80 Å². The van der Waals surface area contributed by atoms with E-state index in [1.165, 1.54) is 11.3 Å². The van der Waals surface area contributed by atoms with E-state index in [-0.39, 0.29) is 24.7 Å². The van der Waals surface area contributed by atoms with Gasteiger partial charge in [0.05, 0.1) is 29.1 Å². The molecule has 0 saturated carbocycles. The quantitative estimate of drug-likeness (QED) is 0.645. The van der Waals surface area contributed by atoms with Gasteiger partial charge < -0.3 is 9.80 Å². The summed E-state index contributed by atoms with van der Waals surface area (Å²) in [5.74, 6) is -0.253. The van der Waals surface area contributed by atoms with E-state index in [4.69, 9.17) is 0 Å². The maximum absolute atomic E-state index is 12.9. The van der Waals surface area contributed by atoms with Crippen LogP contribution in [0.1, 0.15) is 45.5 Å². The number of para-hydroxylation sites is 1. The van der Waals surface area contributed by atoms with Gasteiger partial charge in [0.2, 0.25) is 11.8 Å². The fourth-order valence-corrected chi connectivity index (χ4v) is 4.41. The van der Waals surface area contributed by atoms with Crippen molar-refractivity contribution in [1.29, 1.82) is 5.26 Å². The third-order valence-electron chi connectivity index (χ3n) is 5.06. The second-order valence-electron chi connectivity index (χ2n) is 6.67. The fraction of sp³-hybridized carbons (Fsp3) is 0.524. The largest absolute Gasteiger partial charge is 0.343 e. The first-order chi connectivity index (χ1) is 13.4. The lowest BCUT2D eigenvalue weighted by Gasteiger charge is -2.29. The number of rotatable bonds is 9. The van der Waals surface area contributed by atoms with Gasteiger partial charge in [-0.05, 0) is 39.8 Å². The molecule has 1 heterocycles. The smallest absolute Gasteiger partial charge is 0.224 e. The van der Waals surface area contributed by atoms with E-state index in [0.717, 1.165) is 10.2 Å². The molecule has 1 aromatic heterocycles. The zero-order valence-electron chi connectivity index (χ0n) is 17.1. The van der Waals surface area contributed by atoms with Crippen LogP contribution in [-0.4, -0.2) is 52.8 Å². The summed E-state index contributed by atoms with van der Waals surface area (Å²) in [4.78, 5) is 33.8. The van der Waals surface area contributed by atoms with Crippen molar-refractivity contribution in [2.24, 2.45) is 0 Å². The molecule has 2 aromatic rings. The Bertz CT molecular complexity index is 804. The molecule has 0 N–H and O–H groups in total. The topological polar surface area (TPSA) is 77.3 Å². The Balaban J connectivity index is 2.50. The van der Waals surface area contributed by atoms with Crippen molar-refractivity contribution in [3.63, 3.8) is 0 Å². The number of hydrogen-bond acceptors (Lipinski definition) is 5. The van der Waals surface area contributed by atoms with Crippen LogP contribution in [0.3, 0.4) is 0 Å². The van der Waals surface area contributed by atoms with Crippen LogP contribution >= 0.6 is 11.3 Å². The molecule has 0 radical (unpaired) electrons. The van der Waals surface area contributed by atoms with Crippen molar-refractivity contribution in [2.45, 2.75) is 46.0 Å². The number of fused-ring (bicyclic) bond motifs is 1. The Labute approximate surface area is 170 Å². The molecule has 0 aliphatic carbocycles. The van der Waals surface area contributed by atoms with E-state index in [9.17, 15) is 14.9 Å². The van der Waals surface area contributed by atoms with E-state index < -0.39 is 5.41 Å². The van der Waals surface area contributed by atoms with Gasteiger partial charge >= 0.3 is 0 Å². The molecule has 0 aliphatic rings. The van der Waals surface area contributed by atoms with Crippen molar-refractivity contribution in [1.82, 2.24) is 14.8 Å². The van der Waals surface area contributed by atoms with Gasteiger partial charge in [-0.3, -0.25) is 9.59 Å². The number of aromatic nitrogens is 1. The van der Waals surface area contributed by atoms with Gasteiger partial charge in [0.25, 0.3) is 0 Å². The van der Waals surface area contributed by atoms with Crippen LogP contribution in [0.2, 0.25) is 0 Å². The molecule has 2 rings (SSSR count). The molecular formula is C21H28N4O2S. The first-order valence-corrected chi connectivity index (χ1v) is 10.6. The predicted molar refractivity (Wildman–Crippen MR) is 112 cm³/mol. The van der Waals surface area contributed by atoms with Crippen LogP contribution < -0.4 is 0 Å². The molecule has 0 unspecified atom stereocenters. The SMILES string of the molecule is CCN(CC)C(=O)CC(C#N)(CC(=O)N(CC)CC)c1nc2ccccc2s1. The third kappa shape index (κ3) is 4.50. The highest BCUT2D eigenvalue weighted by atomic mass is 32.1. The normalized spacial score (nSPS) is 11.2. The molecule has 0 aliphatic heterocycles. The lowest BCUT2D eigenvalue weighted by Crippen LogP contribution is -2.41. The van der Waals surface area contributed by atoms with Crippen LogP contribution in [0.5, 0.6) is 0 Å². The lowest BCUT2D eigenvalue weighted by atomic mass is 9.82. The zero-order valence-corrected chi connectivity index (χ0v) is 17.9. The summed E-state index contributed by atoms with van der Waals surface area (Å²) in [5.41, 5.74) is -0.476. The van der Waals surface area contributed by atoms with Gasteiger partial charge in [-0.1, -0.05) is 12.1 Å². The lowest BCUT2D eigenvalue weighted by molar-refractivity contribution is -0.134. The third-order valence-corrected chi connectivity index (χ3v) is 6.30. The number of nitriles is 1. The molecule has 1 aromatic carbocycles. The Morgan fingerprint density at radius 1 is 1.00 bits per heavy atom. The maximum Gasteiger partial charge on any atom is 0.224 e. The number of carbonyl (C=O) groups is 2. The van der Waals surface area contributed by atoms with Crippen LogP contribution in [0.4, 0.5) is 0 Å². The molecule has 0 atom stereocenters. The molecule has 0 bridgehead atoms. The molecule has 7 heteroatoms. The highest BCUT2D eigenvalue weighted by Crippen LogP contribution is 2.37. The highest BCUT2D eigenvalue weighted by molar-refractivity contribution is 7.18. The summed E-state index contributed by atoms with van der Waals surface area (Å²) in [6.07, 6.45) is -0.0873. The Hall–Kier alpha value is -2.46. The van der Waals surface area contributed by atoms with E-state index in [0.29, 0.717) is 31.2 Å². The minimum atomic E-state index is -1.26. The summed E-state index contributed by atoms with van der Waals surface area (Å²) >= 11 is 1.39. The average molecular weight is 401 g/mol.